The van der Waals surface area contributed by atoms with E-state index in [4.69, 9.17) is 11.6 Å². The Labute approximate surface area is 178 Å². The second-order valence-electron chi connectivity index (χ2n) is 8.30. The molecule has 0 aliphatic heterocycles. The van der Waals surface area contributed by atoms with Crippen molar-refractivity contribution in [2.24, 2.45) is 0 Å². The predicted molar refractivity (Wildman–Crippen MR) is 117 cm³/mol. The quantitative estimate of drug-likeness (QED) is 0.350. The van der Waals surface area contributed by atoms with Crippen LogP contribution in [0.4, 0.5) is 0 Å². The third-order valence-electron chi connectivity index (χ3n) is 4.98. The van der Waals surface area contributed by atoms with Crippen molar-refractivity contribution in [2.75, 3.05) is 0 Å². The number of rotatable bonds is 10. The zero-order chi connectivity index (χ0) is 22.4. The minimum atomic E-state index is -1.28. The van der Waals surface area contributed by atoms with Crippen molar-refractivity contribution in [3.05, 3.63) is 45.0 Å². The average Bonchev–Trinajstić information content (AvgIpc) is 2.58. The zero-order valence-electron chi connectivity index (χ0n) is 18.0. The largest absolute Gasteiger partial charge is 0.507 e. The van der Waals surface area contributed by atoms with Gasteiger partial charge in [-0.25, -0.2) is 4.79 Å². The van der Waals surface area contributed by atoms with E-state index in [1.807, 2.05) is 26.8 Å². The van der Waals surface area contributed by atoms with Crippen molar-refractivity contribution < 1.29 is 25.2 Å². The number of hydrogen-bond donors (Lipinski definition) is 4. The highest BCUT2D eigenvalue weighted by Crippen LogP contribution is 2.41. The second-order valence-corrected chi connectivity index (χ2v) is 8.68. The van der Waals surface area contributed by atoms with Crippen molar-refractivity contribution in [1.82, 2.24) is 0 Å². The van der Waals surface area contributed by atoms with E-state index in [0.717, 1.165) is 37.7 Å². The Hall–Kier alpha value is -1.98. The lowest BCUT2D eigenvalue weighted by molar-refractivity contribution is 0.0682. The summed E-state index contributed by atoms with van der Waals surface area (Å²) in [6.45, 7) is 9.12. The zero-order valence-corrected chi connectivity index (χ0v) is 18.7. The van der Waals surface area contributed by atoms with Crippen LogP contribution in [-0.4, -0.2) is 32.0 Å². The minimum absolute atomic E-state index is 0.0501. The van der Waals surface area contributed by atoms with E-state index >= 15 is 0 Å². The summed E-state index contributed by atoms with van der Waals surface area (Å²) in [5, 5.41) is 39.5. The van der Waals surface area contributed by atoms with Crippen LogP contribution in [0.2, 0.25) is 5.02 Å². The van der Waals surface area contributed by atoms with Crippen LogP contribution in [-0.2, 0) is 6.42 Å². The van der Waals surface area contributed by atoms with Gasteiger partial charge in [0.1, 0.15) is 17.1 Å². The summed E-state index contributed by atoms with van der Waals surface area (Å²) >= 11 is 6.04. The number of phenolic OH excluding ortho intramolecular Hbond substituents is 1. The summed E-state index contributed by atoms with van der Waals surface area (Å²) in [7, 11) is 0. The summed E-state index contributed by atoms with van der Waals surface area (Å²) in [4.78, 5) is 11.4. The standard InChI is InChI=1S/C23H33ClO5/c1-14(10-7-13-23(4,5)29)8-6-9-15(2)11-12-17-20(25)18(22(27)28)16(3)19(24)21(17)26/h8,11,25-26,29H,6-7,9-10,12-13H2,1-5H3,(H,27,28)/b14-8+,15-11+. The SMILES string of the molecule is C/C(=C\Cc1c(O)c(Cl)c(C)c(C(=O)O)c1O)CC/C=C(\C)CCCC(C)(C)O. The Morgan fingerprint density at radius 2 is 1.66 bits per heavy atom. The summed E-state index contributed by atoms with van der Waals surface area (Å²) in [5.74, 6) is -2.00. The first-order valence-electron chi connectivity index (χ1n) is 9.85. The van der Waals surface area contributed by atoms with Gasteiger partial charge in [0.15, 0.2) is 0 Å². The van der Waals surface area contributed by atoms with E-state index in [0.29, 0.717) is 0 Å². The van der Waals surface area contributed by atoms with Crippen LogP contribution in [0.3, 0.4) is 0 Å². The number of carboxylic acid groups (broad SMARTS) is 1. The third-order valence-corrected chi connectivity index (χ3v) is 5.44. The molecule has 0 unspecified atom stereocenters. The Morgan fingerprint density at radius 3 is 2.21 bits per heavy atom. The smallest absolute Gasteiger partial charge is 0.339 e. The molecule has 0 atom stereocenters. The van der Waals surface area contributed by atoms with E-state index < -0.39 is 17.3 Å². The molecule has 0 amide bonds. The predicted octanol–water partition coefficient (Wildman–Crippen LogP) is 5.91. The first-order valence-corrected chi connectivity index (χ1v) is 10.2. The molecule has 6 heteroatoms. The number of phenols is 2. The second kappa shape index (κ2) is 10.7. The molecule has 0 saturated heterocycles. The average molecular weight is 425 g/mol. The van der Waals surface area contributed by atoms with Crippen molar-refractivity contribution in [2.45, 2.75) is 78.7 Å². The van der Waals surface area contributed by atoms with Gasteiger partial charge in [-0.3, -0.25) is 0 Å². The van der Waals surface area contributed by atoms with Gasteiger partial charge in [0.25, 0.3) is 0 Å². The number of aliphatic hydroxyl groups is 1. The summed E-state index contributed by atoms with van der Waals surface area (Å²) in [6, 6.07) is 0. The van der Waals surface area contributed by atoms with Gasteiger partial charge in [0, 0.05) is 5.56 Å². The molecular weight excluding hydrogens is 392 g/mol. The van der Waals surface area contributed by atoms with Gasteiger partial charge in [0.2, 0.25) is 0 Å². The number of allylic oxidation sites excluding steroid dienone is 4. The molecule has 0 aliphatic carbocycles. The molecule has 0 heterocycles. The third kappa shape index (κ3) is 7.75. The number of carboxylic acids is 1. The van der Waals surface area contributed by atoms with Crippen LogP contribution in [0.1, 0.15) is 81.3 Å². The van der Waals surface area contributed by atoms with E-state index in [-0.39, 0.29) is 33.9 Å². The fraction of sp³-hybridized carbons (Fsp3) is 0.522. The van der Waals surface area contributed by atoms with Crippen molar-refractivity contribution in [3.63, 3.8) is 0 Å². The highest BCUT2D eigenvalue weighted by Gasteiger charge is 2.23. The van der Waals surface area contributed by atoms with E-state index in [9.17, 15) is 25.2 Å². The molecule has 0 aromatic heterocycles. The van der Waals surface area contributed by atoms with Gasteiger partial charge in [-0.1, -0.05) is 34.9 Å². The van der Waals surface area contributed by atoms with Crippen LogP contribution >= 0.6 is 11.6 Å². The molecule has 5 nitrogen and oxygen atoms in total. The first-order chi connectivity index (χ1) is 13.3. The van der Waals surface area contributed by atoms with Crippen molar-refractivity contribution >= 4 is 17.6 Å². The summed E-state index contributed by atoms with van der Waals surface area (Å²) in [5.41, 5.74) is 1.71. The molecule has 1 aromatic carbocycles. The lowest BCUT2D eigenvalue weighted by Gasteiger charge is -2.16. The maximum absolute atomic E-state index is 11.4. The highest BCUT2D eigenvalue weighted by molar-refractivity contribution is 6.33. The van der Waals surface area contributed by atoms with Crippen LogP contribution in [0.25, 0.3) is 0 Å². The van der Waals surface area contributed by atoms with Gasteiger partial charge < -0.3 is 20.4 Å². The molecule has 0 fully saturated rings. The van der Waals surface area contributed by atoms with E-state index in [1.165, 1.54) is 12.5 Å². The molecule has 0 aliphatic rings. The number of aromatic carboxylic acids is 1. The van der Waals surface area contributed by atoms with Crippen LogP contribution in [0, 0.1) is 6.92 Å². The Kier molecular flexibility index (Phi) is 9.24. The number of hydrogen-bond acceptors (Lipinski definition) is 4. The fourth-order valence-electron chi connectivity index (χ4n) is 3.14. The molecule has 0 spiro atoms. The normalized spacial score (nSPS) is 13.1. The summed E-state index contributed by atoms with van der Waals surface area (Å²) < 4.78 is 0. The Bertz CT molecular complexity index is 801. The maximum Gasteiger partial charge on any atom is 0.339 e. The van der Waals surface area contributed by atoms with Gasteiger partial charge in [-0.2, -0.15) is 0 Å². The number of benzene rings is 1. The monoisotopic (exact) mass is 424 g/mol. The van der Waals surface area contributed by atoms with Gasteiger partial charge >= 0.3 is 5.97 Å². The Balaban J connectivity index is 2.75. The maximum atomic E-state index is 11.4. The molecule has 1 aromatic rings. The van der Waals surface area contributed by atoms with Gasteiger partial charge in [-0.05, 0) is 78.7 Å². The van der Waals surface area contributed by atoms with Crippen molar-refractivity contribution in [1.29, 1.82) is 0 Å². The molecule has 162 valence electrons. The van der Waals surface area contributed by atoms with E-state index in [2.05, 4.69) is 13.0 Å². The summed E-state index contributed by atoms with van der Waals surface area (Å²) in [6.07, 6.45) is 8.58. The molecule has 1 rings (SSSR count). The first kappa shape index (κ1) is 25.1. The van der Waals surface area contributed by atoms with Gasteiger partial charge in [0.05, 0.1) is 10.6 Å². The number of halogens is 1. The van der Waals surface area contributed by atoms with Crippen molar-refractivity contribution in [3.8, 4) is 11.5 Å². The van der Waals surface area contributed by atoms with Gasteiger partial charge in [-0.15, -0.1) is 0 Å². The Morgan fingerprint density at radius 1 is 1.07 bits per heavy atom. The lowest BCUT2D eigenvalue weighted by atomic mass is 9.97. The van der Waals surface area contributed by atoms with E-state index in [1.54, 1.807) is 0 Å². The molecule has 4 N–H and O–H groups in total. The lowest BCUT2D eigenvalue weighted by Crippen LogP contribution is -2.17. The number of aromatic hydroxyl groups is 2. The molecular formula is C23H33ClO5. The van der Waals surface area contributed by atoms with Crippen LogP contribution in [0.15, 0.2) is 23.3 Å². The fourth-order valence-corrected chi connectivity index (χ4v) is 3.35. The van der Waals surface area contributed by atoms with Crippen LogP contribution in [0.5, 0.6) is 11.5 Å². The topological polar surface area (TPSA) is 98.0 Å². The molecule has 29 heavy (non-hydrogen) atoms. The highest BCUT2D eigenvalue weighted by atomic mass is 35.5. The molecule has 0 radical (unpaired) electrons. The van der Waals surface area contributed by atoms with Crippen LogP contribution < -0.4 is 0 Å². The number of carbonyl (C=O) groups is 1. The molecule has 0 bridgehead atoms. The molecule has 0 saturated carbocycles. The minimum Gasteiger partial charge on any atom is -0.507 e.